The molecule has 1 amide bonds. The van der Waals surface area contributed by atoms with E-state index < -0.39 is 0 Å². The molecule has 0 saturated carbocycles. The lowest BCUT2D eigenvalue weighted by Gasteiger charge is -2.09. The van der Waals surface area contributed by atoms with Crippen LogP contribution in [0.2, 0.25) is 0 Å². The number of hydrogen-bond acceptors (Lipinski definition) is 5. The van der Waals surface area contributed by atoms with E-state index in [0.717, 1.165) is 22.4 Å². The summed E-state index contributed by atoms with van der Waals surface area (Å²) >= 11 is 0. The molecule has 8 nitrogen and oxygen atoms in total. The first-order valence-electron chi connectivity index (χ1n) is 8.97. The standard InChI is InChI=1S/C21H15N7O/c29-21(16-5-1-4-8-19(16)28-13-22-26-27-28)23-15-11-9-14(10-12-15)20-24-17-6-2-3-7-18(17)25-20/h1-13H,(H,23,29)(H,24,25). The van der Waals surface area contributed by atoms with Crippen molar-refractivity contribution in [2.45, 2.75) is 0 Å². The van der Waals surface area contributed by atoms with E-state index in [1.165, 1.54) is 11.0 Å². The van der Waals surface area contributed by atoms with Gasteiger partial charge in [-0.25, -0.2) is 4.98 Å². The predicted molar refractivity (Wildman–Crippen MR) is 109 cm³/mol. The molecule has 5 aromatic rings. The lowest BCUT2D eigenvalue weighted by Crippen LogP contribution is -2.15. The summed E-state index contributed by atoms with van der Waals surface area (Å²) in [5.41, 5.74) is 4.60. The molecule has 0 saturated heterocycles. The Labute approximate surface area is 165 Å². The van der Waals surface area contributed by atoms with Crippen LogP contribution < -0.4 is 5.32 Å². The molecule has 8 heteroatoms. The third-order valence-corrected chi connectivity index (χ3v) is 4.55. The van der Waals surface area contributed by atoms with Crippen molar-refractivity contribution in [2.24, 2.45) is 0 Å². The number of benzene rings is 3. The van der Waals surface area contributed by atoms with Gasteiger partial charge in [0.2, 0.25) is 0 Å². The molecule has 0 aliphatic rings. The SMILES string of the molecule is O=C(Nc1ccc(-c2nc3ccccc3[nH]2)cc1)c1ccccc1-n1cnnn1. The van der Waals surface area contributed by atoms with Gasteiger partial charge in [0.1, 0.15) is 12.2 Å². The summed E-state index contributed by atoms with van der Waals surface area (Å²) in [7, 11) is 0. The summed E-state index contributed by atoms with van der Waals surface area (Å²) < 4.78 is 1.46. The van der Waals surface area contributed by atoms with Crippen molar-refractivity contribution in [3.05, 3.63) is 84.7 Å². The van der Waals surface area contributed by atoms with Crippen LogP contribution in [0.15, 0.2) is 79.1 Å². The maximum atomic E-state index is 12.8. The number of para-hydroxylation sites is 3. The van der Waals surface area contributed by atoms with Gasteiger partial charge in [0, 0.05) is 11.3 Å². The van der Waals surface area contributed by atoms with Gasteiger partial charge in [0.25, 0.3) is 5.91 Å². The molecule has 0 atom stereocenters. The summed E-state index contributed by atoms with van der Waals surface area (Å²) in [5, 5.41) is 14.0. The van der Waals surface area contributed by atoms with E-state index in [0.29, 0.717) is 16.9 Å². The molecule has 29 heavy (non-hydrogen) atoms. The van der Waals surface area contributed by atoms with E-state index in [2.05, 4.69) is 30.8 Å². The van der Waals surface area contributed by atoms with Gasteiger partial charge in [0.15, 0.2) is 0 Å². The Morgan fingerprint density at radius 3 is 2.52 bits per heavy atom. The molecule has 3 aromatic carbocycles. The summed E-state index contributed by atoms with van der Waals surface area (Å²) in [6.45, 7) is 0. The molecule has 0 fully saturated rings. The molecule has 0 radical (unpaired) electrons. The van der Waals surface area contributed by atoms with Gasteiger partial charge in [-0.05, 0) is 59.0 Å². The van der Waals surface area contributed by atoms with E-state index in [-0.39, 0.29) is 5.91 Å². The number of carbonyl (C=O) groups excluding carboxylic acids is 1. The second-order valence-corrected chi connectivity index (χ2v) is 6.41. The Bertz CT molecular complexity index is 1260. The van der Waals surface area contributed by atoms with Gasteiger partial charge in [-0.2, -0.15) is 4.68 Å². The van der Waals surface area contributed by atoms with Crippen LogP contribution in [0, 0.1) is 0 Å². The van der Waals surface area contributed by atoms with Crippen molar-refractivity contribution < 1.29 is 4.79 Å². The zero-order valence-corrected chi connectivity index (χ0v) is 15.1. The maximum Gasteiger partial charge on any atom is 0.257 e. The molecule has 0 bridgehead atoms. The molecule has 0 aliphatic carbocycles. The number of fused-ring (bicyclic) bond motifs is 1. The van der Waals surface area contributed by atoms with Gasteiger partial charge in [-0.1, -0.05) is 24.3 Å². The Morgan fingerprint density at radius 2 is 1.72 bits per heavy atom. The van der Waals surface area contributed by atoms with E-state index in [9.17, 15) is 4.79 Å². The zero-order chi connectivity index (χ0) is 19.6. The first-order valence-corrected chi connectivity index (χ1v) is 8.97. The van der Waals surface area contributed by atoms with E-state index in [1.807, 2.05) is 54.6 Å². The van der Waals surface area contributed by atoms with Crippen LogP contribution in [0.5, 0.6) is 0 Å². The van der Waals surface area contributed by atoms with Gasteiger partial charge < -0.3 is 10.3 Å². The van der Waals surface area contributed by atoms with Gasteiger partial charge in [0.05, 0.1) is 22.3 Å². The fraction of sp³-hybridized carbons (Fsp3) is 0. The highest BCUT2D eigenvalue weighted by Gasteiger charge is 2.14. The van der Waals surface area contributed by atoms with E-state index in [1.54, 1.807) is 18.2 Å². The van der Waals surface area contributed by atoms with Crippen molar-refractivity contribution in [1.82, 2.24) is 30.2 Å². The molecule has 5 rings (SSSR count). The molecule has 2 heterocycles. The minimum absolute atomic E-state index is 0.243. The third kappa shape index (κ3) is 3.23. The van der Waals surface area contributed by atoms with Crippen molar-refractivity contribution in [3.8, 4) is 17.1 Å². The number of aromatic amines is 1. The first-order chi connectivity index (χ1) is 14.3. The van der Waals surface area contributed by atoms with E-state index >= 15 is 0 Å². The van der Waals surface area contributed by atoms with Crippen LogP contribution in [0.25, 0.3) is 28.1 Å². The number of carbonyl (C=O) groups is 1. The lowest BCUT2D eigenvalue weighted by atomic mass is 10.1. The molecule has 2 N–H and O–H groups in total. The monoisotopic (exact) mass is 381 g/mol. The Balaban J connectivity index is 1.38. The van der Waals surface area contributed by atoms with E-state index in [4.69, 9.17) is 0 Å². The van der Waals surface area contributed by atoms with Gasteiger partial charge in [-0.15, -0.1) is 5.10 Å². The molecule has 0 aliphatic heterocycles. The Hall–Kier alpha value is -4.33. The fourth-order valence-electron chi connectivity index (χ4n) is 3.14. The van der Waals surface area contributed by atoms with Crippen LogP contribution in [0.4, 0.5) is 5.69 Å². The Kier molecular flexibility index (Phi) is 4.06. The largest absolute Gasteiger partial charge is 0.338 e. The van der Waals surface area contributed by atoms with Gasteiger partial charge in [-0.3, -0.25) is 4.79 Å². The van der Waals surface area contributed by atoms with Crippen LogP contribution in [0.1, 0.15) is 10.4 Å². The highest BCUT2D eigenvalue weighted by atomic mass is 16.1. The smallest absolute Gasteiger partial charge is 0.257 e. The number of anilines is 1. The van der Waals surface area contributed by atoms with Crippen molar-refractivity contribution in [1.29, 1.82) is 0 Å². The molecular weight excluding hydrogens is 366 g/mol. The number of hydrogen-bond donors (Lipinski definition) is 2. The summed E-state index contributed by atoms with van der Waals surface area (Å²) in [4.78, 5) is 20.7. The number of imidazole rings is 1. The molecule has 140 valence electrons. The van der Waals surface area contributed by atoms with Crippen molar-refractivity contribution >= 4 is 22.6 Å². The van der Waals surface area contributed by atoms with Crippen LogP contribution in [-0.4, -0.2) is 36.1 Å². The summed E-state index contributed by atoms with van der Waals surface area (Å²) in [6.07, 6.45) is 1.45. The second-order valence-electron chi connectivity index (χ2n) is 6.41. The fourth-order valence-corrected chi connectivity index (χ4v) is 3.14. The second kappa shape index (κ2) is 7.01. The number of nitrogens with zero attached hydrogens (tertiary/aromatic N) is 5. The number of rotatable bonds is 4. The van der Waals surface area contributed by atoms with Gasteiger partial charge >= 0.3 is 0 Å². The zero-order valence-electron chi connectivity index (χ0n) is 15.1. The van der Waals surface area contributed by atoms with Crippen molar-refractivity contribution in [2.75, 3.05) is 5.32 Å². The number of nitrogens with one attached hydrogen (secondary N) is 2. The molecule has 2 aromatic heterocycles. The number of H-pyrrole nitrogens is 1. The summed E-state index contributed by atoms with van der Waals surface area (Å²) in [6, 6.07) is 22.6. The highest BCUT2D eigenvalue weighted by Crippen LogP contribution is 2.22. The van der Waals surface area contributed by atoms with Crippen LogP contribution in [-0.2, 0) is 0 Å². The number of tetrazole rings is 1. The molecule has 0 unspecified atom stereocenters. The van der Waals surface area contributed by atoms with Crippen LogP contribution in [0.3, 0.4) is 0 Å². The third-order valence-electron chi connectivity index (χ3n) is 4.55. The van der Waals surface area contributed by atoms with Crippen LogP contribution >= 0.6 is 0 Å². The normalized spacial score (nSPS) is 10.9. The number of aromatic nitrogens is 6. The summed E-state index contributed by atoms with van der Waals surface area (Å²) in [5.74, 6) is 0.542. The minimum Gasteiger partial charge on any atom is -0.338 e. The quantitative estimate of drug-likeness (QED) is 0.496. The number of amides is 1. The molecule has 0 spiro atoms. The minimum atomic E-state index is -0.243. The highest BCUT2D eigenvalue weighted by molar-refractivity contribution is 6.06. The Morgan fingerprint density at radius 1 is 0.931 bits per heavy atom. The van der Waals surface area contributed by atoms with Crippen molar-refractivity contribution in [3.63, 3.8) is 0 Å². The molecular formula is C21H15N7O. The maximum absolute atomic E-state index is 12.8. The average molecular weight is 381 g/mol. The average Bonchev–Trinajstić information content (AvgIpc) is 3.44. The lowest BCUT2D eigenvalue weighted by molar-refractivity contribution is 0.102. The predicted octanol–water partition coefficient (Wildman–Crippen LogP) is 3.46. The topological polar surface area (TPSA) is 101 Å². The first kappa shape index (κ1) is 16.8.